The summed E-state index contributed by atoms with van der Waals surface area (Å²) in [6, 6.07) is 28.4. The number of amides is 2. The smallest absolute Gasteiger partial charge is 0.258 e. The van der Waals surface area contributed by atoms with Gasteiger partial charge in [0.2, 0.25) is 5.91 Å². The lowest BCUT2D eigenvalue weighted by Gasteiger charge is -2.23. The lowest BCUT2D eigenvalue weighted by Crippen LogP contribution is -2.30. The van der Waals surface area contributed by atoms with E-state index in [1.54, 1.807) is 42.4 Å². The van der Waals surface area contributed by atoms with E-state index < -0.39 is 0 Å². The summed E-state index contributed by atoms with van der Waals surface area (Å²) in [5.41, 5.74) is 2.95. The molecule has 34 heavy (non-hydrogen) atoms. The number of nitrogens with one attached hydrogen (secondary N) is 1. The van der Waals surface area contributed by atoms with Crippen LogP contribution >= 0.6 is 0 Å². The molecule has 0 bridgehead atoms. The lowest BCUT2D eigenvalue weighted by atomic mass is 10.1. The van der Waals surface area contributed by atoms with Gasteiger partial charge in [-0.2, -0.15) is 0 Å². The highest BCUT2D eigenvalue weighted by molar-refractivity contribution is 6.11. The monoisotopic (exact) mass is 450 g/mol. The van der Waals surface area contributed by atoms with Crippen molar-refractivity contribution in [2.45, 2.75) is 6.92 Å². The molecule has 0 heterocycles. The van der Waals surface area contributed by atoms with Crippen LogP contribution in [0.2, 0.25) is 0 Å². The number of rotatable bonds is 7. The van der Waals surface area contributed by atoms with Gasteiger partial charge in [-0.1, -0.05) is 48.5 Å². The van der Waals surface area contributed by atoms with Crippen molar-refractivity contribution in [2.24, 2.45) is 0 Å². The first kappa shape index (κ1) is 22.8. The molecule has 0 spiro atoms. The fourth-order valence-electron chi connectivity index (χ4n) is 3.79. The van der Waals surface area contributed by atoms with Gasteiger partial charge in [-0.15, -0.1) is 0 Å². The van der Waals surface area contributed by atoms with Crippen molar-refractivity contribution in [3.63, 3.8) is 0 Å². The van der Waals surface area contributed by atoms with Gasteiger partial charge >= 0.3 is 0 Å². The van der Waals surface area contributed by atoms with Gasteiger partial charge in [0.25, 0.3) is 5.91 Å². The Balaban J connectivity index is 1.45. The quantitative estimate of drug-likeness (QED) is 0.343. The van der Waals surface area contributed by atoms with Crippen LogP contribution in [0.5, 0.6) is 5.75 Å². The van der Waals surface area contributed by atoms with E-state index in [0.29, 0.717) is 17.8 Å². The second kappa shape index (κ2) is 10.5. The van der Waals surface area contributed by atoms with Crippen LogP contribution in [0.3, 0.4) is 0 Å². The molecule has 4 aromatic carbocycles. The third-order valence-corrected chi connectivity index (χ3v) is 5.56. The van der Waals surface area contributed by atoms with Crippen LogP contribution in [0.15, 0.2) is 97.1 Å². The van der Waals surface area contributed by atoms with Crippen LogP contribution in [-0.4, -0.2) is 25.5 Å². The number of hydrogen-bond donors (Lipinski definition) is 1. The van der Waals surface area contributed by atoms with Gasteiger partial charge < -0.3 is 15.0 Å². The molecule has 0 radical (unpaired) electrons. The van der Waals surface area contributed by atoms with Crippen LogP contribution in [0, 0.1) is 0 Å². The molecule has 0 unspecified atom stereocenters. The number of nitrogens with zero attached hydrogens (tertiary/aromatic N) is 1. The molecule has 5 heteroatoms. The SMILES string of the molecule is CCN(C(=O)c1ccc(NC(=O)/C=C/c2ccc(OC)cc2)cc1)c1cccc2ccccc12. The molecule has 4 rings (SSSR count). The highest BCUT2D eigenvalue weighted by atomic mass is 16.5. The van der Waals surface area contributed by atoms with Crippen molar-refractivity contribution in [3.8, 4) is 5.75 Å². The van der Waals surface area contributed by atoms with Crippen molar-refractivity contribution < 1.29 is 14.3 Å². The van der Waals surface area contributed by atoms with E-state index in [4.69, 9.17) is 4.74 Å². The van der Waals surface area contributed by atoms with Crippen LogP contribution in [0.1, 0.15) is 22.8 Å². The third kappa shape index (κ3) is 5.15. The molecule has 170 valence electrons. The van der Waals surface area contributed by atoms with E-state index in [9.17, 15) is 9.59 Å². The normalized spacial score (nSPS) is 10.9. The summed E-state index contributed by atoms with van der Waals surface area (Å²) in [6.07, 6.45) is 3.20. The van der Waals surface area contributed by atoms with E-state index in [1.165, 1.54) is 6.08 Å². The molecule has 0 fully saturated rings. The van der Waals surface area contributed by atoms with Crippen LogP contribution in [-0.2, 0) is 4.79 Å². The summed E-state index contributed by atoms with van der Waals surface area (Å²) in [7, 11) is 1.61. The molecule has 0 saturated carbocycles. The fourth-order valence-corrected chi connectivity index (χ4v) is 3.79. The second-order valence-electron chi connectivity index (χ2n) is 7.72. The van der Waals surface area contributed by atoms with E-state index >= 15 is 0 Å². The Kier molecular flexibility index (Phi) is 7.04. The van der Waals surface area contributed by atoms with Crippen molar-refractivity contribution >= 4 is 40.0 Å². The second-order valence-corrected chi connectivity index (χ2v) is 7.72. The lowest BCUT2D eigenvalue weighted by molar-refractivity contribution is -0.111. The molecule has 0 aliphatic rings. The highest BCUT2D eigenvalue weighted by Gasteiger charge is 2.18. The Morgan fingerprint density at radius 3 is 2.29 bits per heavy atom. The minimum absolute atomic E-state index is 0.0869. The Hall–Kier alpha value is -4.38. The first-order chi connectivity index (χ1) is 16.6. The maximum Gasteiger partial charge on any atom is 0.258 e. The largest absolute Gasteiger partial charge is 0.497 e. The van der Waals surface area contributed by atoms with Gasteiger partial charge in [0, 0.05) is 29.3 Å². The van der Waals surface area contributed by atoms with Gasteiger partial charge in [0.05, 0.1) is 12.8 Å². The minimum Gasteiger partial charge on any atom is -0.497 e. The van der Waals surface area contributed by atoms with Crippen molar-refractivity contribution in [3.05, 3.63) is 108 Å². The molecule has 2 amide bonds. The van der Waals surface area contributed by atoms with Crippen LogP contribution in [0.25, 0.3) is 16.8 Å². The zero-order chi connectivity index (χ0) is 23.9. The molecule has 0 saturated heterocycles. The Morgan fingerprint density at radius 1 is 0.882 bits per heavy atom. The number of anilines is 2. The maximum atomic E-state index is 13.3. The van der Waals surface area contributed by atoms with E-state index in [1.807, 2.05) is 73.7 Å². The number of fused-ring (bicyclic) bond motifs is 1. The van der Waals surface area contributed by atoms with Crippen LogP contribution < -0.4 is 15.0 Å². The first-order valence-electron chi connectivity index (χ1n) is 11.1. The standard InChI is InChI=1S/C29H26N2O3/c1-3-31(27-10-6-8-22-7-4-5-9-26(22)27)29(33)23-14-16-24(17-15-23)30-28(32)20-13-21-11-18-25(34-2)19-12-21/h4-20H,3H2,1-2H3,(H,30,32)/b20-13+. The predicted octanol–water partition coefficient (Wildman–Crippen LogP) is 6.17. The molecule has 0 aromatic heterocycles. The van der Waals surface area contributed by atoms with E-state index in [-0.39, 0.29) is 11.8 Å². The third-order valence-electron chi connectivity index (χ3n) is 5.56. The predicted molar refractivity (Wildman–Crippen MR) is 138 cm³/mol. The summed E-state index contributed by atoms with van der Waals surface area (Å²) in [6.45, 7) is 2.50. The van der Waals surface area contributed by atoms with E-state index in [0.717, 1.165) is 27.8 Å². The Morgan fingerprint density at radius 2 is 1.59 bits per heavy atom. The Bertz CT molecular complexity index is 1320. The molecule has 4 aromatic rings. The summed E-state index contributed by atoms with van der Waals surface area (Å²) in [5.74, 6) is 0.426. The number of ether oxygens (including phenoxy) is 1. The van der Waals surface area contributed by atoms with Gasteiger partial charge in [-0.3, -0.25) is 9.59 Å². The molecular weight excluding hydrogens is 424 g/mol. The molecule has 0 aliphatic heterocycles. The zero-order valence-corrected chi connectivity index (χ0v) is 19.2. The molecular formula is C29H26N2O3. The van der Waals surface area contributed by atoms with E-state index in [2.05, 4.69) is 5.32 Å². The van der Waals surface area contributed by atoms with Gasteiger partial charge in [0.15, 0.2) is 0 Å². The number of benzene rings is 4. The van der Waals surface area contributed by atoms with Gasteiger partial charge in [-0.05, 0) is 66.4 Å². The highest BCUT2D eigenvalue weighted by Crippen LogP contribution is 2.28. The van der Waals surface area contributed by atoms with Crippen molar-refractivity contribution in [1.29, 1.82) is 0 Å². The summed E-state index contributed by atoms with van der Waals surface area (Å²) < 4.78 is 5.14. The first-order valence-corrected chi connectivity index (χ1v) is 11.1. The molecule has 1 N–H and O–H groups in total. The minimum atomic E-state index is -0.249. The molecule has 5 nitrogen and oxygen atoms in total. The maximum absolute atomic E-state index is 13.3. The molecule has 0 atom stereocenters. The number of carbonyl (C=O) groups is 2. The van der Waals surface area contributed by atoms with Gasteiger partial charge in [0.1, 0.15) is 5.75 Å². The van der Waals surface area contributed by atoms with Crippen LogP contribution in [0.4, 0.5) is 11.4 Å². The number of hydrogen-bond acceptors (Lipinski definition) is 3. The zero-order valence-electron chi connectivity index (χ0n) is 19.2. The average molecular weight is 451 g/mol. The van der Waals surface area contributed by atoms with Gasteiger partial charge in [-0.25, -0.2) is 0 Å². The van der Waals surface area contributed by atoms with Crippen molar-refractivity contribution in [1.82, 2.24) is 0 Å². The average Bonchev–Trinajstić information content (AvgIpc) is 2.88. The number of carbonyl (C=O) groups excluding carboxylic acids is 2. The Labute approximate surface area is 199 Å². The van der Waals surface area contributed by atoms with Crippen molar-refractivity contribution in [2.75, 3.05) is 23.9 Å². The topological polar surface area (TPSA) is 58.6 Å². The summed E-state index contributed by atoms with van der Waals surface area (Å²) >= 11 is 0. The molecule has 0 aliphatic carbocycles. The fraction of sp³-hybridized carbons (Fsp3) is 0.103. The summed E-state index contributed by atoms with van der Waals surface area (Å²) in [4.78, 5) is 27.3. The number of methoxy groups -OCH3 is 1. The summed E-state index contributed by atoms with van der Waals surface area (Å²) in [5, 5.41) is 4.95.